The van der Waals surface area contributed by atoms with Gasteiger partial charge in [0.15, 0.2) is 0 Å². The molecule has 6 nitrogen and oxygen atoms in total. The number of benzene rings is 1. The molecule has 1 amide bonds. The lowest BCUT2D eigenvalue weighted by molar-refractivity contribution is -0.385. The molecular formula is C15H19N3O3. The molecule has 112 valence electrons. The lowest BCUT2D eigenvalue weighted by Crippen LogP contribution is -2.38. The Labute approximate surface area is 123 Å². The fourth-order valence-corrected chi connectivity index (χ4v) is 2.52. The van der Waals surface area contributed by atoms with E-state index in [1.54, 1.807) is 24.3 Å². The molecule has 6 heteroatoms. The number of primary amides is 1. The number of amides is 1. The molecular weight excluding hydrogens is 270 g/mol. The van der Waals surface area contributed by atoms with Gasteiger partial charge >= 0.3 is 0 Å². The predicted octanol–water partition coefficient (Wildman–Crippen LogP) is 1.81. The fraction of sp³-hybridized carbons (Fsp3) is 0.400. The number of carbonyl (C=O) groups excluding carboxylic acids is 1. The van der Waals surface area contributed by atoms with E-state index >= 15 is 0 Å². The third-order valence-corrected chi connectivity index (χ3v) is 3.78. The molecule has 0 saturated carbocycles. The molecule has 1 aliphatic rings. The van der Waals surface area contributed by atoms with Crippen LogP contribution in [0.3, 0.4) is 0 Å². The summed E-state index contributed by atoms with van der Waals surface area (Å²) >= 11 is 0. The van der Waals surface area contributed by atoms with Gasteiger partial charge in [0, 0.05) is 18.5 Å². The molecule has 2 rings (SSSR count). The number of para-hydroxylation sites is 1. The Morgan fingerprint density at radius 3 is 2.67 bits per heavy atom. The summed E-state index contributed by atoms with van der Waals surface area (Å²) in [7, 11) is 0. The Balaban J connectivity index is 1.89. The van der Waals surface area contributed by atoms with Crippen molar-refractivity contribution in [2.45, 2.75) is 12.8 Å². The number of nitro benzene ring substituents is 1. The van der Waals surface area contributed by atoms with Crippen LogP contribution in [0.2, 0.25) is 0 Å². The second-order valence-corrected chi connectivity index (χ2v) is 5.20. The van der Waals surface area contributed by atoms with Crippen LogP contribution < -0.4 is 5.73 Å². The van der Waals surface area contributed by atoms with Gasteiger partial charge in [-0.3, -0.25) is 19.8 Å². The minimum absolute atomic E-state index is 0.0135. The number of nitro groups is 1. The van der Waals surface area contributed by atoms with Crippen LogP contribution in [0.5, 0.6) is 0 Å². The van der Waals surface area contributed by atoms with Crippen molar-refractivity contribution in [3.63, 3.8) is 0 Å². The summed E-state index contributed by atoms with van der Waals surface area (Å²) in [5, 5.41) is 10.9. The van der Waals surface area contributed by atoms with Crippen molar-refractivity contribution in [1.82, 2.24) is 4.90 Å². The molecule has 0 bridgehead atoms. The third-order valence-electron chi connectivity index (χ3n) is 3.78. The lowest BCUT2D eigenvalue weighted by atomic mass is 9.96. The van der Waals surface area contributed by atoms with Gasteiger partial charge in [-0.05, 0) is 32.0 Å². The number of hydrogen-bond donors (Lipinski definition) is 1. The highest BCUT2D eigenvalue weighted by atomic mass is 16.6. The molecule has 0 unspecified atom stereocenters. The molecule has 1 fully saturated rings. The predicted molar refractivity (Wildman–Crippen MR) is 80.5 cm³/mol. The van der Waals surface area contributed by atoms with Crippen LogP contribution >= 0.6 is 0 Å². The zero-order chi connectivity index (χ0) is 15.2. The zero-order valence-corrected chi connectivity index (χ0v) is 11.8. The van der Waals surface area contributed by atoms with Crippen LogP contribution in [0.15, 0.2) is 30.3 Å². The fourth-order valence-electron chi connectivity index (χ4n) is 2.52. The van der Waals surface area contributed by atoms with E-state index in [0.717, 1.165) is 32.5 Å². The first-order valence-electron chi connectivity index (χ1n) is 6.99. The van der Waals surface area contributed by atoms with E-state index in [9.17, 15) is 14.9 Å². The van der Waals surface area contributed by atoms with Crippen molar-refractivity contribution in [3.8, 4) is 0 Å². The first-order valence-corrected chi connectivity index (χ1v) is 6.99. The van der Waals surface area contributed by atoms with Crippen LogP contribution in [-0.4, -0.2) is 35.4 Å². The number of nitrogens with two attached hydrogens (primary N) is 1. The number of likely N-dealkylation sites (tertiary alicyclic amines) is 1. The quantitative estimate of drug-likeness (QED) is 0.661. The molecule has 1 aromatic rings. The van der Waals surface area contributed by atoms with Crippen LogP contribution in [0, 0.1) is 16.0 Å². The highest BCUT2D eigenvalue weighted by molar-refractivity contribution is 5.76. The van der Waals surface area contributed by atoms with Crippen LogP contribution in [0.1, 0.15) is 18.4 Å². The summed E-state index contributed by atoms with van der Waals surface area (Å²) < 4.78 is 0. The van der Waals surface area contributed by atoms with Gasteiger partial charge in [0.05, 0.1) is 10.5 Å². The van der Waals surface area contributed by atoms with Gasteiger partial charge in [-0.2, -0.15) is 0 Å². The van der Waals surface area contributed by atoms with E-state index in [1.165, 1.54) is 6.07 Å². The van der Waals surface area contributed by atoms with Gasteiger partial charge in [0.1, 0.15) is 0 Å². The first-order chi connectivity index (χ1) is 10.1. The summed E-state index contributed by atoms with van der Waals surface area (Å²) in [6.07, 6.45) is 5.27. The monoisotopic (exact) mass is 289 g/mol. The van der Waals surface area contributed by atoms with Crippen molar-refractivity contribution >= 4 is 17.7 Å². The van der Waals surface area contributed by atoms with E-state index in [0.29, 0.717) is 5.56 Å². The van der Waals surface area contributed by atoms with Gasteiger partial charge in [-0.25, -0.2) is 0 Å². The first kappa shape index (κ1) is 15.2. The summed E-state index contributed by atoms with van der Waals surface area (Å²) in [5.74, 6) is -0.231. The molecule has 1 aromatic carbocycles. The summed E-state index contributed by atoms with van der Waals surface area (Å²) in [4.78, 5) is 23.8. The second kappa shape index (κ2) is 6.99. The minimum atomic E-state index is -0.377. The van der Waals surface area contributed by atoms with Gasteiger partial charge in [-0.15, -0.1) is 0 Å². The lowest BCUT2D eigenvalue weighted by Gasteiger charge is -2.29. The van der Waals surface area contributed by atoms with E-state index in [4.69, 9.17) is 5.73 Å². The highest BCUT2D eigenvalue weighted by Crippen LogP contribution is 2.20. The Morgan fingerprint density at radius 1 is 1.38 bits per heavy atom. The summed E-state index contributed by atoms with van der Waals surface area (Å²) in [5.41, 5.74) is 6.02. The molecule has 2 N–H and O–H groups in total. The Bertz CT molecular complexity index is 549. The zero-order valence-electron chi connectivity index (χ0n) is 11.8. The maximum absolute atomic E-state index is 11.1. The smallest absolute Gasteiger partial charge is 0.276 e. The highest BCUT2D eigenvalue weighted by Gasteiger charge is 2.22. The molecule has 1 heterocycles. The minimum Gasteiger partial charge on any atom is -0.369 e. The normalized spacial score (nSPS) is 17.1. The molecule has 0 radical (unpaired) electrons. The number of nitrogens with zero attached hydrogens (tertiary/aromatic N) is 2. The maximum atomic E-state index is 11.1. The summed E-state index contributed by atoms with van der Waals surface area (Å²) in [6.45, 7) is 2.38. The topological polar surface area (TPSA) is 89.5 Å². The molecule has 0 aliphatic carbocycles. The van der Waals surface area contributed by atoms with Crippen molar-refractivity contribution in [2.75, 3.05) is 19.6 Å². The largest absolute Gasteiger partial charge is 0.369 e. The molecule has 0 spiro atoms. The molecule has 1 saturated heterocycles. The van der Waals surface area contributed by atoms with Gasteiger partial charge in [0.25, 0.3) is 5.69 Å². The SMILES string of the molecule is NC(=O)C1CCN(C/C=C/c2ccccc2[N+](=O)[O-])CC1. The maximum Gasteiger partial charge on any atom is 0.276 e. The van der Waals surface area contributed by atoms with Crippen LogP contribution in [-0.2, 0) is 4.79 Å². The van der Waals surface area contributed by atoms with Crippen molar-refractivity contribution in [1.29, 1.82) is 0 Å². The van der Waals surface area contributed by atoms with Crippen LogP contribution in [0.4, 0.5) is 5.69 Å². The number of hydrogen-bond acceptors (Lipinski definition) is 4. The molecule has 1 aliphatic heterocycles. The molecule has 0 aromatic heterocycles. The summed E-state index contributed by atoms with van der Waals surface area (Å²) in [6, 6.07) is 6.67. The van der Waals surface area contributed by atoms with Crippen molar-refractivity contribution in [3.05, 3.63) is 46.0 Å². The van der Waals surface area contributed by atoms with Crippen molar-refractivity contribution in [2.24, 2.45) is 11.7 Å². The van der Waals surface area contributed by atoms with Crippen LogP contribution in [0.25, 0.3) is 6.08 Å². The average molecular weight is 289 g/mol. The Hall–Kier alpha value is -2.21. The number of piperidine rings is 1. The van der Waals surface area contributed by atoms with E-state index < -0.39 is 0 Å². The number of carbonyl (C=O) groups is 1. The second-order valence-electron chi connectivity index (χ2n) is 5.20. The number of rotatable bonds is 5. The van der Waals surface area contributed by atoms with E-state index in [1.807, 2.05) is 6.08 Å². The van der Waals surface area contributed by atoms with Gasteiger partial charge < -0.3 is 5.73 Å². The van der Waals surface area contributed by atoms with Crippen molar-refractivity contribution < 1.29 is 9.72 Å². The molecule has 21 heavy (non-hydrogen) atoms. The average Bonchev–Trinajstić information content (AvgIpc) is 2.48. The third kappa shape index (κ3) is 4.13. The van der Waals surface area contributed by atoms with Gasteiger partial charge in [-0.1, -0.05) is 24.3 Å². The van der Waals surface area contributed by atoms with E-state index in [2.05, 4.69) is 4.90 Å². The standard InChI is InChI=1S/C15H19N3O3/c16-15(19)13-7-10-17(11-8-13)9-3-5-12-4-1-2-6-14(12)18(20)21/h1-6,13H,7-11H2,(H2,16,19)/b5-3+. The van der Waals surface area contributed by atoms with E-state index in [-0.39, 0.29) is 22.4 Å². The Morgan fingerprint density at radius 2 is 2.05 bits per heavy atom. The molecule has 0 atom stereocenters. The van der Waals surface area contributed by atoms with Gasteiger partial charge in [0.2, 0.25) is 5.91 Å². The Kier molecular flexibility index (Phi) is 5.05.